The van der Waals surface area contributed by atoms with Crippen molar-refractivity contribution in [1.82, 2.24) is 5.32 Å². The first-order valence-electron chi connectivity index (χ1n) is 14.6. The van der Waals surface area contributed by atoms with Crippen LogP contribution in [-0.4, -0.2) is 40.1 Å². The predicted molar refractivity (Wildman–Crippen MR) is 162 cm³/mol. The molecule has 0 aromatic rings. The van der Waals surface area contributed by atoms with Crippen molar-refractivity contribution < 1.29 is 189 Å². The van der Waals surface area contributed by atoms with Gasteiger partial charge in [-0.15, -0.1) is 6.26 Å². The number of allylic oxidation sites excluding steroid dienone is 10. The normalized spacial score (nSPS) is 22.0. The molecule has 0 saturated carbocycles. The van der Waals surface area contributed by atoms with Crippen molar-refractivity contribution in [2.24, 2.45) is 26.8 Å². The third-order valence-corrected chi connectivity index (χ3v) is 8.75. The zero-order valence-corrected chi connectivity index (χ0v) is 37.7. The number of aliphatic carboxylic acids is 3. The molecule has 0 aliphatic carbocycles. The van der Waals surface area contributed by atoms with E-state index in [1.165, 1.54) is 0 Å². The van der Waals surface area contributed by atoms with E-state index in [4.69, 9.17) is 9.98 Å². The maximum atomic E-state index is 12.6. The van der Waals surface area contributed by atoms with Gasteiger partial charge >= 0.3 is 160 Å². The molecule has 5 aliphatic heterocycles. The van der Waals surface area contributed by atoms with Crippen molar-refractivity contribution >= 4 is 35.0 Å². The van der Waals surface area contributed by atoms with E-state index in [0.29, 0.717) is 51.8 Å². The van der Waals surface area contributed by atoms with E-state index in [-0.39, 0.29) is 201 Å². The number of nitrogens with one attached hydrogen (secondary N) is 1. The zero-order valence-electron chi connectivity index (χ0n) is 28.3. The number of carbonyl (C=O) groups is 3. The summed E-state index contributed by atoms with van der Waals surface area (Å²) >= 11 is 0. The molecule has 5 heterocycles. The number of hydrogen-bond acceptors (Lipinski definition) is 10. The van der Waals surface area contributed by atoms with Crippen molar-refractivity contribution in [3.63, 3.8) is 0 Å². The van der Waals surface area contributed by atoms with E-state index in [1.54, 1.807) is 31.2 Å². The van der Waals surface area contributed by atoms with Gasteiger partial charge in [0.25, 0.3) is 0 Å². The summed E-state index contributed by atoms with van der Waals surface area (Å²) in [4.78, 5) is 50.5. The first-order valence-corrected chi connectivity index (χ1v) is 14.6. The summed E-state index contributed by atoms with van der Waals surface area (Å²) in [5.74, 6) is -4.92. The van der Waals surface area contributed by atoms with Gasteiger partial charge in [-0.1, -0.05) is 26.5 Å². The third kappa shape index (κ3) is 8.61. The molecule has 8 bridgehead atoms. The number of rotatable bonds is 8. The second-order valence-electron chi connectivity index (χ2n) is 11.3. The maximum absolute atomic E-state index is 12.6. The van der Waals surface area contributed by atoms with Crippen LogP contribution in [0.1, 0.15) is 53.4 Å². The van der Waals surface area contributed by atoms with Crippen LogP contribution in [0.2, 0.25) is 0 Å². The SMILES string of the molecule is C=CC1=C(C)C2=NC1=CC1=NC(=C(CC)C1=C[O-])C=C1N=C(C(CC(=O)[O-])=C3NC(=C2)[C@@H](C)[C@@H]3CCC(=O)[O-])C(C(=O)O)=C1C.[K+].[K+].[K+]. The smallest absolute Gasteiger partial charge is 0.877 e. The van der Waals surface area contributed by atoms with Gasteiger partial charge in [0, 0.05) is 52.7 Å². The van der Waals surface area contributed by atoms with Gasteiger partial charge in [-0.05, 0) is 73.6 Å². The molecular weight excluding hydrogens is 694 g/mol. The van der Waals surface area contributed by atoms with Gasteiger partial charge in [-0.3, -0.25) is 0 Å². The average Bonchev–Trinajstić information content (AvgIpc) is 3.67. The van der Waals surface area contributed by atoms with E-state index in [1.807, 2.05) is 20.8 Å². The Morgan fingerprint density at radius 1 is 0.958 bits per heavy atom. The summed E-state index contributed by atoms with van der Waals surface area (Å²) in [7, 11) is 0. The number of nitrogens with zero attached hydrogens (tertiary/aromatic N) is 3. The van der Waals surface area contributed by atoms with Crippen molar-refractivity contribution in [2.75, 3.05) is 0 Å². The summed E-state index contributed by atoms with van der Waals surface area (Å²) in [5.41, 5.74) is 5.79. The minimum Gasteiger partial charge on any atom is -0.877 e. The van der Waals surface area contributed by atoms with Crippen LogP contribution in [0.4, 0.5) is 0 Å². The third-order valence-electron chi connectivity index (χ3n) is 8.75. The molecule has 0 radical (unpaired) electrons. The molecule has 14 heteroatoms. The van der Waals surface area contributed by atoms with Crippen LogP contribution in [0.15, 0.2) is 120 Å². The Hall–Kier alpha value is -0.411. The molecule has 232 valence electrons. The second kappa shape index (κ2) is 18.4. The van der Waals surface area contributed by atoms with Crippen molar-refractivity contribution in [1.29, 1.82) is 0 Å². The van der Waals surface area contributed by atoms with Gasteiger partial charge < -0.3 is 35.3 Å². The van der Waals surface area contributed by atoms with Crippen LogP contribution >= 0.6 is 0 Å². The molecule has 2 N–H and O–H groups in total. The Labute approximate surface area is 406 Å². The summed E-state index contributed by atoms with van der Waals surface area (Å²) in [6, 6.07) is 0. The number of carboxylic acids is 3. The number of hydrogen-bond donors (Lipinski definition) is 2. The van der Waals surface area contributed by atoms with Crippen LogP contribution < -0.4 is 175 Å². The van der Waals surface area contributed by atoms with E-state index >= 15 is 0 Å². The molecule has 5 aliphatic rings. The first-order chi connectivity index (χ1) is 21.4. The Morgan fingerprint density at radius 2 is 1.65 bits per heavy atom. The van der Waals surface area contributed by atoms with Crippen LogP contribution in [-0.2, 0) is 14.4 Å². The summed E-state index contributed by atoms with van der Waals surface area (Å²) in [5, 5.41) is 49.6. The monoisotopic (exact) mass is 724 g/mol. The Kier molecular flexibility index (Phi) is 16.8. The van der Waals surface area contributed by atoms with Crippen LogP contribution in [0.25, 0.3) is 0 Å². The van der Waals surface area contributed by atoms with E-state index in [2.05, 4.69) is 16.9 Å². The molecule has 0 aromatic carbocycles. The number of fused-ring (bicyclic) bond motifs is 5. The molecule has 0 unspecified atom stereocenters. The van der Waals surface area contributed by atoms with E-state index < -0.39 is 30.2 Å². The molecule has 1 fully saturated rings. The van der Waals surface area contributed by atoms with Gasteiger partial charge in [-0.25, -0.2) is 19.8 Å². The number of aliphatic imine (C=N–C) groups is 3. The number of carbonyl (C=O) groups excluding carboxylic acids is 2. The topological polar surface area (TPSA) is 190 Å². The Balaban J connectivity index is 0.00000267. The molecule has 11 nitrogen and oxygen atoms in total. The van der Waals surface area contributed by atoms with Gasteiger partial charge in [-0.2, -0.15) is 0 Å². The molecule has 0 spiro atoms. The molecular formula is C34H31K3N4O7. The van der Waals surface area contributed by atoms with E-state index in [0.717, 1.165) is 17.4 Å². The quantitative estimate of drug-likeness (QED) is 0.182. The Morgan fingerprint density at radius 3 is 2.21 bits per heavy atom. The fourth-order valence-electron chi connectivity index (χ4n) is 6.40. The van der Waals surface area contributed by atoms with Gasteiger partial charge in [0.2, 0.25) is 0 Å². The molecule has 1 saturated heterocycles. The minimum absolute atomic E-state index is 0. The van der Waals surface area contributed by atoms with Crippen LogP contribution in [0, 0.1) is 11.8 Å². The fraction of sp³-hybridized carbons (Fsp3) is 0.294. The van der Waals surface area contributed by atoms with Gasteiger partial charge in [0.1, 0.15) is 0 Å². The predicted octanol–water partition coefficient (Wildman–Crippen LogP) is -7.38. The van der Waals surface area contributed by atoms with Crippen molar-refractivity contribution in [3.8, 4) is 0 Å². The standard InChI is InChI=1S/C34H34N4O7.3K/c1-6-18-15(3)23-11-24-16(4)20(8-9-29(40)41)32(37-24)21(10-30(42)43)33-31(34(44)45)17(5)25(38-33)12-27-19(7-2)22(14-39)28(36-27)13-26(18)35-23;;;/h6,11-14,16,20,37,39H,1,7-10H2,2-5H3,(H,40,41)(H,42,43)(H,44,45);;;/q;3*+1/p-3/t16-,20-;;;/m0.../s1. The molecule has 48 heavy (non-hydrogen) atoms. The molecule has 0 aromatic heterocycles. The van der Waals surface area contributed by atoms with Gasteiger partial charge in [0.15, 0.2) is 0 Å². The second-order valence-corrected chi connectivity index (χ2v) is 11.3. The van der Waals surface area contributed by atoms with Crippen molar-refractivity contribution in [2.45, 2.75) is 53.4 Å². The van der Waals surface area contributed by atoms with Gasteiger partial charge in [0.05, 0.1) is 39.8 Å². The van der Waals surface area contributed by atoms with Crippen molar-refractivity contribution in [3.05, 3.63) is 105 Å². The first kappa shape index (κ1) is 43.8. The summed E-state index contributed by atoms with van der Waals surface area (Å²) in [6.45, 7) is 11.1. The summed E-state index contributed by atoms with van der Waals surface area (Å²) in [6.07, 6.45) is 7.07. The maximum Gasteiger partial charge on any atom is 1.00 e. The average molecular weight is 725 g/mol. The van der Waals surface area contributed by atoms with Crippen LogP contribution in [0.5, 0.6) is 0 Å². The van der Waals surface area contributed by atoms with E-state index in [9.17, 15) is 34.8 Å². The Bertz CT molecular complexity index is 1830. The van der Waals surface area contributed by atoms with Crippen LogP contribution in [0.3, 0.4) is 0 Å². The fourth-order valence-corrected chi connectivity index (χ4v) is 6.40. The summed E-state index contributed by atoms with van der Waals surface area (Å²) < 4.78 is 0. The minimum atomic E-state index is -1.46. The molecule has 0 amide bonds. The molecule has 2 atom stereocenters. The zero-order chi connectivity index (χ0) is 32.7. The molecule has 5 rings (SSSR count). The largest absolute Gasteiger partial charge is 1.00 e. The number of carboxylic acid groups (broad SMARTS) is 3.